The molecular formula is C17H20FNO. The van der Waals surface area contributed by atoms with Gasteiger partial charge in [-0.05, 0) is 38.1 Å². The van der Waals surface area contributed by atoms with Crippen LogP contribution in [0.2, 0.25) is 0 Å². The summed E-state index contributed by atoms with van der Waals surface area (Å²) in [5.74, 6) is 0.668. The van der Waals surface area contributed by atoms with Gasteiger partial charge in [0.25, 0.3) is 0 Å². The molecule has 2 rings (SSSR count). The third-order valence-corrected chi connectivity index (χ3v) is 3.43. The zero-order valence-electron chi connectivity index (χ0n) is 12.1. The van der Waals surface area contributed by atoms with Gasteiger partial charge in [0.2, 0.25) is 0 Å². The molecular weight excluding hydrogens is 253 g/mol. The van der Waals surface area contributed by atoms with Gasteiger partial charge in [0.05, 0.1) is 6.04 Å². The molecule has 0 spiro atoms. The highest BCUT2D eigenvalue weighted by molar-refractivity contribution is 5.39. The van der Waals surface area contributed by atoms with E-state index in [1.54, 1.807) is 12.1 Å². The van der Waals surface area contributed by atoms with Crippen LogP contribution in [0.15, 0.2) is 42.5 Å². The molecule has 0 saturated heterocycles. The Morgan fingerprint density at radius 1 is 1.05 bits per heavy atom. The normalized spacial score (nSPS) is 12.2. The highest BCUT2D eigenvalue weighted by Crippen LogP contribution is 2.24. The van der Waals surface area contributed by atoms with E-state index in [9.17, 15) is 4.39 Å². The monoisotopic (exact) mass is 273 g/mol. The van der Waals surface area contributed by atoms with Crippen LogP contribution in [-0.2, 0) is 0 Å². The van der Waals surface area contributed by atoms with Crippen molar-refractivity contribution in [3.63, 3.8) is 0 Å². The first kappa shape index (κ1) is 14.5. The van der Waals surface area contributed by atoms with Crippen LogP contribution in [0.5, 0.6) is 5.75 Å². The number of aryl methyl sites for hydroxylation is 2. The summed E-state index contributed by atoms with van der Waals surface area (Å²) >= 11 is 0. The molecule has 0 amide bonds. The van der Waals surface area contributed by atoms with Gasteiger partial charge in [-0.15, -0.1) is 0 Å². The summed E-state index contributed by atoms with van der Waals surface area (Å²) in [6, 6.07) is 12.6. The van der Waals surface area contributed by atoms with Gasteiger partial charge < -0.3 is 10.1 Å². The average Bonchev–Trinajstić information content (AvgIpc) is 2.44. The summed E-state index contributed by atoms with van der Waals surface area (Å²) < 4.78 is 19.7. The maximum atomic E-state index is 13.8. The quantitative estimate of drug-likeness (QED) is 0.895. The Bertz CT molecular complexity index is 563. The van der Waals surface area contributed by atoms with Gasteiger partial charge in [-0.2, -0.15) is 0 Å². The number of benzene rings is 2. The first-order valence-electron chi connectivity index (χ1n) is 6.74. The minimum atomic E-state index is -0.211. The fraction of sp³-hybridized carbons (Fsp3) is 0.294. The Morgan fingerprint density at radius 2 is 1.70 bits per heavy atom. The van der Waals surface area contributed by atoms with E-state index in [1.807, 2.05) is 45.2 Å². The van der Waals surface area contributed by atoms with Crippen molar-refractivity contribution >= 4 is 0 Å². The molecule has 2 aromatic carbocycles. The number of hydrogen-bond acceptors (Lipinski definition) is 2. The first-order chi connectivity index (χ1) is 9.63. The van der Waals surface area contributed by atoms with Crippen molar-refractivity contribution in [1.82, 2.24) is 5.32 Å². The first-order valence-corrected chi connectivity index (χ1v) is 6.74. The second kappa shape index (κ2) is 6.53. The third kappa shape index (κ3) is 3.17. The van der Waals surface area contributed by atoms with Gasteiger partial charge in [0, 0.05) is 5.56 Å². The number of rotatable bonds is 5. The molecule has 0 radical (unpaired) electrons. The van der Waals surface area contributed by atoms with Gasteiger partial charge in [0.1, 0.15) is 18.2 Å². The van der Waals surface area contributed by atoms with Gasteiger partial charge in [-0.3, -0.25) is 0 Å². The van der Waals surface area contributed by atoms with Crippen LogP contribution < -0.4 is 10.1 Å². The summed E-state index contributed by atoms with van der Waals surface area (Å²) in [7, 11) is 1.81. The van der Waals surface area contributed by atoms with E-state index < -0.39 is 0 Å². The lowest BCUT2D eigenvalue weighted by Gasteiger charge is -2.20. The molecule has 2 nitrogen and oxygen atoms in total. The molecule has 3 heteroatoms. The van der Waals surface area contributed by atoms with E-state index in [1.165, 1.54) is 6.07 Å². The number of likely N-dealkylation sites (N-methyl/N-ethyl adjacent to an activating group) is 1. The van der Waals surface area contributed by atoms with Crippen molar-refractivity contribution in [3.05, 3.63) is 65.0 Å². The van der Waals surface area contributed by atoms with E-state index in [2.05, 4.69) is 5.32 Å². The summed E-state index contributed by atoms with van der Waals surface area (Å²) in [5.41, 5.74) is 2.81. The molecule has 1 unspecified atom stereocenters. The molecule has 1 N–H and O–H groups in total. The van der Waals surface area contributed by atoms with Crippen LogP contribution in [0, 0.1) is 19.7 Å². The second-order valence-corrected chi connectivity index (χ2v) is 4.89. The van der Waals surface area contributed by atoms with Crippen LogP contribution >= 0.6 is 0 Å². The highest BCUT2D eigenvalue weighted by atomic mass is 19.1. The number of halogens is 1. The van der Waals surface area contributed by atoms with Crippen molar-refractivity contribution in [1.29, 1.82) is 0 Å². The zero-order valence-corrected chi connectivity index (χ0v) is 12.1. The van der Waals surface area contributed by atoms with Gasteiger partial charge in [-0.1, -0.05) is 36.4 Å². The molecule has 0 aromatic heterocycles. The average molecular weight is 273 g/mol. The molecule has 0 heterocycles. The van der Waals surface area contributed by atoms with Crippen molar-refractivity contribution in [2.24, 2.45) is 0 Å². The lowest BCUT2D eigenvalue weighted by Crippen LogP contribution is -2.24. The number of nitrogens with one attached hydrogen (secondary N) is 1. The maximum absolute atomic E-state index is 13.8. The SMILES string of the molecule is CNC(COc1c(C)cccc1C)c1ccccc1F. The molecule has 0 fully saturated rings. The molecule has 0 aliphatic heterocycles. The Balaban J connectivity index is 2.14. The second-order valence-electron chi connectivity index (χ2n) is 4.89. The van der Waals surface area contributed by atoms with Crippen molar-refractivity contribution in [2.75, 3.05) is 13.7 Å². The van der Waals surface area contributed by atoms with E-state index >= 15 is 0 Å². The van der Waals surface area contributed by atoms with Crippen molar-refractivity contribution in [3.8, 4) is 5.75 Å². The van der Waals surface area contributed by atoms with E-state index in [0.717, 1.165) is 16.9 Å². The molecule has 0 bridgehead atoms. The van der Waals surface area contributed by atoms with Crippen molar-refractivity contribution in [2.45, 2.75) is 19.9 Å². The molecule has 0 aliphatic rings. The summed E-state index contributed by atoms with van der Waals surface area (Å²) in [4.78, 5) is 0. The fourth-order valence-electron chi connectivity index (χ4n) is 2.28. The topological polar surface area (TPSA) is 21.3 Å². The predicted molar refractivity (Wildman–Crippen MR) is 79.6 cm³/mol. The number of hydrogen-bond donors (Lipinski definition) is 1. The minimum absolute atomic E-state index is 0.171. The number of ether oxygens (including phenoxy) is 1. The van der Waals surface area contributed by atoms with Crippen molar-refractivity contribution < 1.29 is 9.13 Å². The Labute approximate surface area is 119 Å². The maximum Gasteiger partial charge on any atom is 0.128 e. The molecule has 106 valence electrons. The van der Waals surface area contributed by atoms with Crippen LogP contribution in [0.1, 0.15) is 22.7 Å². The zero-order chi connectivity index (χ0) is 14.5. The largest absolute Gasteiger partial charge is 0.491 e. The lowest BCUT2D eigenvalue weighted by molar-refractivity contribution is 0.267. The van der Waals surface area contributed by atoms with Gasteiger partial charge >= 0.3 is 0 Å². The molecule has 0 saturated carbocycles. The smallest absolute Gasteiger partial charge is 0.128 e. The lowest BCUT2D eigenvalue weighted by atomic mass is 10.1. The van der Waals surface area contributed by atoms with Crippen LogP contribution in [0.25, 0.3) is 0 Å². The molecule has 1 atom stereocenters. The van der Waals surface area contributed by atoms with E-state index in [-0.39, 0.29) is 11.9 Å². The standard InChI is InChI=1S/C17H20FNO/c1-12-7-6-8-13(2)17(12)20-11-16(19-3)14-9-4-5-10-15(14)18/h4-10,16,19H,11H2,1-3H3. The highest BCUT2D eigenvalue weighted by Gasteiger charge is 2.15. The summed E-state index contributed by atoms with van der Waals surface area (Å²) in [6.07, 6.45) is 0. The summed E-state index contributed by atoms with van der Waals surface area (Å²) in [5, 5.41) is 3.10. The van der Waals surface area contributed by atoms with Crippen LogP contribution in [0.4, 0.5) is 4.39 Å². The predicted octanol–water partition coefficient (Wildman–Crippen LogP) is 3.78. The molecule has 20 heavy (non-hydrogen) atoms. The van der Waals surface area contributed by atoms with E-state index in [0.29, 0.717) is 12.2 Å². The Kier molecular flexibility index (Phi) is 4.74. The van der Waals surface area contributed by atoms with E-state index in [4.69, 9.17) is 4.74 Å². The number of para-hydroxylation sites is 1. The van der Waals surface area contributed by atoms with Gasteiger partial charge in [-0.25, -0.2) is 4.39 Å². The van der Waals surface area contributed by atoms with Crippen LogP contribution in [-0.4, -0.2) is 13.7 Å². The Hall–Kier alpha value is -1.87. The summed E-state index contributed by atoms with van der Waals surface area (Å²) in [6.45, 7) is 4.42. The molecule has 0 aliphatic carbocycles. The third-order valence-electron chi connectivity index (χ3n) is 3.43. The van der Waals surface area contributed by atoms with Crippen LogP contribution in [0.3, 0.4) is 0 Å². The minimum Gasteiger partial charge on any atom is -0.491 e. The Morgan fingerprint density at radius 3 is 2.30 bits per heavy atom. The van der Waals surface area contributed by atoms with Gasteiger partial charge in [0.15, 0.2) is 0 Å². The molecule has 2 aromatic rings. The fourth-order valence-corrected chi connectivity index (χ4v) is 2.28.